The van der Waals surface area contributed by atoms with Crippen molar-refractivity contribution in [3.05, 3.63) is 192 Å². The molecule has 0 spiro atoms. The van der Waals surface area contributed by atoms with Crippen molar-refractivity contribution < 1.29 is 24.5 Å². The Balaban J connectivity index is 0.000000180. The number of benzene rings is 5. The van der Waals surface area contributed by atoms with Crippen LogP contribution in [-0.2, 0) is 26.5 Å². The van der Waals surface area contributed by atoms with Gasteiger partial charge in [0, 0.05) is 66.2 Å². The summed E-state index contributed by atoms with van der Waals surface area (Å²) in [5.74, 6) is 1.11. The molecule has 0 aliphatic carbocycles. The molecule has 339 valence electrons. The van der Waals surface area contributed by atoms with Gasteiger partial charge in [0.05, 0.1) is 25.2 Å². The Bertz CT molecular complexity index is 2970. The summed E-state index contributed by atoms with van der Waals surface area (Å²) >= 11 is 0. The van der Waals surface area contributed by atoms with Gasteiger partial charge in [-0.05, 0) is 126 Å². The molecule has 4 heterocycles. The van der Waals surface area contributed by atoms with E-state index in [1.165, 1.54) is 55.3 Å². The predicted octanol–water partition coefficient (Wildman–Crippen LogP) is 16.6. The molecule has 0 aliphatic rings. The first kappa shape index (κ1) is 49.6. The summed E-state index contributed by atoms with van der Waals surface area (Å²) in [5, 5.41) is 3.77. The van der Waals surface area contributed by atoms with E-state index in [-0.39, 0.29) is 20.1 Å². The number of aryl methyl sites for hydroxylation is 3. The number of pyridine rings is 3. The number of aromatic nitrogens is 3. The van der Waals surface area contributed by atoms with E-state index in [2.05, 4.69) is 201 Å². The molecule has 9 rings (SSSR count). The molecule has 0 unspecified atom stereocenters. The van der Waals surface area contributed by atoms with Crippen molar-refractivity contribution in [1.29, 1.82) is 0 Å². The van der Waals surface area contributed by atoms with Crippen LogP contribution in [-0.4, -0.2) is 23.0 Å². The Kier molecular flexibility index (Phi) is 17.0. The Labute approximate surface area is 408 Å². The van der Waals surface area contributed by atoms with Crippen LogP contribution in [0.3, 0.4) is 0 Å². The van der Waals surface area contributed by atoms with Crippen LogP contribution in [0.4, 0.5) is 0 Å². The molecule has 0 amide bonds. The minimum Gasteiger partial charge on any atom is -0.455 e. The molecule has 1 radical (unpaired) electrons. The maximum absolute atomic E-state index is 6.47. The largest absolute Gasteiger partial charge is 0.455 e. The second-order valence-corrected chi connectivity index (χ2v) is 23.6. The topological polar surface area (TPSA) is 51.8 Å². The monoisotopic (exact) mass is 1060 g/mol. The summed E-state index contributed by atoms with van der Waals surface area (Å²) < 4.78 is 6.47. The number of fused-ring (bicyclic) bond motifs is 3. The Morgan fingerprint density at radius 3 is 1.77 bits per heavy atom. The molecule has 0 atom stereocenters. The van der Waals surface area contributed by atoms with Crippen molar-refractivity contribution in [2.45, 2.75) is 99.2 Å². The third-order valence-electron chi connectivity index (χ3n) is 12.3. The summed E-state index contributed by atoms with van der Waals surface area (Å²) in [6.45, 7) is 22.7. The molecule has 0 saturated carbocycles. The third-order valence-corrected chi connectivity index (χ3v) is 14.3. The van der Waals surface area contributed by atoms with Crippen molar-refractivity contribution in [2.24, 2.45) is 0 Å². The van der Waals surface area contributed by atoms with Crippen LogP contribution in [0.1, 0.15) is 87.1 Å². The van der Waals surface area contributed by atoms with Gasteiger partial charge in [-0.1, -0.05) is 162 Å². The van der Waals surface area contributed by atoms with E-state index in [9.17, 15) is 0 Å². The minimum atomic E-state index is -1.33. The van der Waals surface area contributed by atoms with Crippen LogP contribution in [0.15, 0.2) is 169 Å². The van der Waals surface area contributed by atoms with Crippen molar-refractivity contribution in [3.8, 4) is 44.9 Å². The number of nitrogens with zero attached hydrogens (tertiary/aromatic N) is 3. The van der Waals surface area contributed by atoms with Crippen LogP contribution in [0.5, 0.6) is 0 Å². The van der Waals surface area contributed by atoms with E-state index >= 15 is 0 Å². The van der Waals surface area contributed by atoms with E-state index in [1.807, 2.05) is 36.7 Å². The fourth-order valence-corrected chi connectivity index (χ4v) is 10.4. The van der Waals surface area contributed by atoms with Gasteiger partial charge in [0.2, 0.25) is 0 Å². The average Bonchev–Trinajstić information content (AvgIpc) is 3.70. The maximum Gasteiger partial charge on any atom is 0.144 e. The molecule has 66 heavy (non-hydrogen) atoms. The van der Waals surface area contributed by atoms with E-state index in [0.717, 1.165) is 63.8 Å². The van der Waals surface area contributed by atoms with Gasteiger partial charge in [-0.2, -0.15) is 0 Å². The normalized spacial score (nSPS) is 11.2. The first-order valence-corrected chi connectivity index (χ1v) is 26.9. The van der Waals surface area contributed by atoms with Crippen molar-refractivity contribution in [2.75, 3.05) is 0 Å². The fourth-order valence-electron chi connectivity index (χ4n) is 8.73. The first-order chi connectivity index (χ1) is 31.4. The summed E-state index contributed by atoms with van der Waals surface area (Å²) in [7, 11) is -1.33. The molecule has 4 aromatic heterocycles. The van der Waals surface area contributed by atoms with E-state index in [1.54, 1.807) is 0 Å². The van der Waals surface area contributed by atoms with Crippen LogP contribution in [0.25, 0.3) is 66.8 Å². The average molecular weight is 1060 g/mol. The number of furan rings is 1. The van der Waals surface area contributed by atoms with Gasteiger partial charge < -0.3 is 4.42 Å². The molecule has 6 heteroatoms. The number of hydrogen-bond acceptors (Lipinski definition) is 4. The van der Waals surface area contributed by atoms with Gasteiger partial charge in [0.25, 0.3) is 0 Å². The molecule has 0 saturated heterocycles. The molecular weight excluding hydrogens is 999 g/mol. The number of hydrogen-bond donors (Lipinski definition) is 0. The van der Waals surface area contributed by atoms with Crippen LogP contribution in [0.2, 0.25) is 19.6 Å². The van der Waals surface area contributed by atoms with Crippen molar-refractivity contribution in [1.82, 2.24) is 15.0 Å². The molecule has 0 bridgehead atoms. The fraction of sp³-hybridized carbons (Fsp3) is 0.250. The second-order valence-electron chi connectivity index (χ2n) is 18.6. The molecule has 9 aromatic rings. The molecule has 0 N–H and O–H groups in total. The Morgan fingerprint density at radius 2 is 1.17 bits per heavy atom. The standard InChI is InChI=1S/C30H29NO.C17H23NSi.C13H13N.Ir/c1-5-21(6-2)23-12-13-31-28(17-23)27-9-7-8-26-25-11-10-22(18-29(25)32-30(26)27)24-15-19(3)14-20(4)16-24;1-13(2)15-11-16(14-9-7-6-8-10-14)18-12-17(15)19(3,4)5;1-2-11-8-9-14-13(10-11)12-6-4-3-5-7-12;/h7-18,21H,5-6H2,1-4H3;6-13H,1-5H3;3-10H,2H2,1H3;. The van der Waals surface area contributed by atoms with Gasteiger partial charge in [-0.15, -0.1) is 0 Å². The summed E-state index contributed by atoms with van der Waals surface area (Å²) in [4.78, 5) is 13.8. The van der Waals surface area contributed by atoms with Gasteiger partial charge in [0.1, 0.15) is 11.2 Å². The summed E-state index contributed by atoms with van der Waals surface area (Å²) in [6, 6.07) is 51.2. The number of rotatable bonds is 10. The number of para-hydroxylation sites is 1. The van der Waals surface area contributed by atoms with E-state index < -0.39 is 8.07 Å². The second kappa shape index (κ2) is 22.6. The van der Waals surface area contributed by atoms with Crippen LogP contribution in [0, 0.1) is 13.8 Å². The molecular formula is C60H65IrN3OSi. The van der Waals surface area contributed by atoms with E-state index in [4.69, 9.17) is 14.4 Å². The summed E-state index contributed by atoms with van der Waals surface area (Å²) in [6.07, 6.45) is 9.25. The van der Waals surface area contributed by atoms with Crippen molar-refractivity contribution in [3.63, 3.8) is 0 Å². The van der Waals surface area contributed by atoms with Crippen LogP contribution >= 0.6 is 0 Å². The van der Waals surface area contributed by atoms with Crippen molar-refractivity contribution >= 4 is 35.2 Å². The van der Waals surface area contributed by atoms with E-state index in [0.29, 0.717) is 11.8 Å². The van der Waals surface area contributed by atoms with Gasteiger partial charge >= 0.3 is 0 Å². The zero-order valence-electron chi connectivity index (χ0n) is 40.4. The molecule has 4 nitrogen and oxygen atoms in total. The zero-order chi connectivity index (χ0) is 46.1. The SMILES string of the molecule is CC(C)c1cc(-c2ccccc2)ncc1[Si](C)(C)C.CCC(CC)c1ccnc(-c2cccc3c2oc2cc(-c4cc(C)cc(C)c4)ccc23)c1.CCc1ccnc(-c2ccccc2)c1.[Ir]. The Hall–Kier alpha value is -5.78. The third kappa shape index (κ3) is 12.0. The molecule has 0 fully saturated rings. The minimum absolute atomic E-state index is 0. The quantitative estimate of drug-likeness (QED) is 0.128. The molecule has 5 aromatic carbocycles. The van der Waals surface area contributed by atoms with Gasteiger partial charge in [-0.3, -0.25) is 15.0 Å². The van der Waals surface area contributed by atoms with Gasteiger partial charge in [0.15, 0.2) is 0 Å². The molecule has 0 aliphatic heterocycles. The summed E-state index contributed by atoms with van der Waals surface area (Å²) in [5.41, 5.74) is 17.5. The van der Waals surface area contributed by atoms with Crippen LogP contribution < -0.4 is 5.19 Å². The Morgan fingerprint density at radius 1 is 0.545 bits per heavy atom. The maximum atomic E-state index is 6.47. The first-order valence-electron chi connectivity index (χ1n) is 23.4. The predicted molar refractivity (Wildman–Crippen MR) is 281 cm³/mol. The smallest absolute Gasteiger partial charge is 0.144 e. The zero-order valence-corrected chi connectivity index (χ0v) is 43.8. The van der Waals surface area contributed by atoms with Gasteiger partial charge in [-0.25, -0.2) is 0 Å².